The predicted molar refractivity (Wildman–Crippen MR) is 94.8 cm³/mol. The van der Waals surface area contributed by atoms with E-state index in [2.05, 4.69) is 22.1 Å². The molecule has 6 heteroatoms. The molecule has 2 aromatic rings. The molecule has 4 rings (SSSR count). The average Bonchev–Trinajstić information content (AvgIpc) is 3.00. The summed E-state index contributed by atoms with van der Waals surface area (Å²) in [5.74, 6) is 2.55. The minimum absolute atomic E-state index is 0.332. The molecular formula is C19H24N4O2. The van der Waals surface area contributed by atoms with Crippen LogP contribution in [0.4, 0.5) is 5.82 Å². The maximum absolute atomic E-state index is 11.9. The van der Waals surface area contributed by atoms with Crippen LogP contribution in [-0.2, 0) is 18.2 Å². The second-order valence-corrected chi connectivity index (χ2v) is 7.12. The minimum atomic E-state index is -0.332. The van der Waals surface area contributed by atoms with Crippen molar-refractivity contribution in [2.45, 2.75) is 26.7 Å². The molecule has 2 aliphatic rings. The number of aromatic nitrogens is 3. The van der Waals surface area contributed by atoms with E-state index in [4.69, 9.17) is 9.72 Å². The van der Waals surface area contributed by atoms with Crippen molar-refractivity contribution in [3.8, 4) is 0 Å². The maximum Gasteiger partial charge on any atom is 0.356 e. The number of ether oxygens (including phenoxy) is 1. The Labute approximate surface area is 147 Å². The number of rotatable bonds is 5. The number of fused-ring (bicyclic) bond motifs is 1. The fraction of sp³-hybridized carbons (Fsp3) is 0.526. The van der Waals surface area contributed by atoms with Gasteiger partial charge in [0, 0.05) is 32.3 Å². The lowest BCUT2D eigenvalue weighted by Gasteiger charge is -2.20. The van der Waals surface area contributed by atoms with E-state index in [1.54, 1.807) is 24.7 Å². The Balaban J connectivity index is 1.49. The van der Waals surface area contributed by atoms with Gasteiger partial charge in [0.1, 0.15) is 11.5 Å². The molecule has 2 atom stereocenters. The third kappa shape index (κ3) is 3.13. The highest BCUT2D eigenvalue weighted by molar-refractivity contribution is 5.87. The fourth-order valence-electron chi connectivity index (χ4n) is 3.73. The first kappa shape index (κ1) is 16.1. The topological polar surface area (TPSA) is 60.2 Å². The first-order chi connectivity index (χ1) is 12.0. The van der Waals surface area contributed by atoms with Crippen LogP contribution in [0.3, 0.4) is 0 Å². The molecule has 2 aromatic heterocycles. The lowest BCUT2D eigenvalue weighted by molar-refractivity contribution is 0.0513. The number of carbonyl (C=O) groups excluding carboxylic acids is 1. The van der Waals surface area contributed by atoms with E-state index in [-0.39, 0.29) is 5.97 Å². The number of carbonyl (C=O) groups is 1. The molecule has 2 fully saturated rings. The number of nitrogens with zero attached hydrogens (tertiary/aromatic N) is 4. The van der Waals surface area contributed by atoms with Crippen molar-refractivity contribution < 1.29 is 9.53 Å². The first-order valence-electron chi connectivity index (χ1n) is 8.96. The summed E-state index contributed by atoms with van der Waals surface area (Å²) in [5.41, 5.74) is 3.50. The number of hydrogen-bond donors (Lipinski definition) is 0. The number of aryl methyl sites for hydroxylation is 2. The number of anilines is 1. The summed E-state index contributed by atoms with van der Waals surface area (Å²) in [6.45, 7) is 6.52. The molecule has 1 saturated carbocycles. The van der Waals surface area contributed by atoms with Gasteiger partial charge in [0.2, 0.25) is 0 Å². The van der Waals surface area contributed by atoms with Crippen LogP contribution in [0.25, 0.3) is 0 Å². The first-order valence-corrected chi connectivity index (χ1v) is 8.96. The minimum Gasteiger partial charge on any atom is -0.461 e. The second-order valence-electron chi connectivity index (χ2n) is 7.12. The third-order valence-corrected chi connectivity index (χ3v) is 5.27. The standard InChI is InChI=1S/C19H24N4O2/c1-4-25-19(24)17-9-16(21-22(17)3)8-13-5-6-18(20-12(13)2)23-10-14-7-15(14)11-23/h5-6,9,14-15H,4,7-8,10-11H2,1-3H3. The Morgan fingerprint density at radius 3 is 2.76 bits per heavy atom. The highest BCUT2D eigenvalue weighted by atomic mass is 16.5. The predicted octanol–water partition coefficient (Wildman–Crippen LogP) is 2.35. The number of esters is 1. The number of hydrogen-bond acceptors (Lipinski definition) is 5. The monoisotopic (exact) mass is 340 g/mol. The van der Waals surface area contributed by atoms with E-state index in [0.29, 0.717) is 18.7 Å². The largest absolute Gasteiger partial charge is 0.461 e. The van der Waals surface area contributed by atoms with Crippen LogP contribution in [0, 0.1) is 18.8 Å². The van der Waals surface area contributed by atoms with Crippen LogP contribution in [-0.4, -0.2) is 40.4 Å². The molecule has 0 radical (unpaired) electrons. The second kappa shape index (κ2) is 6.17. The lowest BCUT2D eigenvalue weighted by Crippen LogP contribution is -2.23. The highest BCUT2D eigenvalue weighted by Crippen LogP contribution is 2.45. The summed E-state index contributed by atoms with van der Waals surface area (Å²) in [4.78, 5) is 19.1. The van der Waals surface area contributed by atoms with Crippen molar-refractivity contribution in [3.05, 3.63) is 40.8 Å². The molecule has 1 aliphatic carbocycles. The molecule has 0 N–H and O–H groups in total. The van der Waals surface area contributed by atoms with E-state index in [0.717, 1.165) is 47.7 Å². The quantitative estimate of drug-likeness (QED) is 0.782. The average molecular weight is 340 g/mol. The van der Waals surface area contributed by atoms with Gasteiger partial charge in [-0.25, -0.2) is 9.78 Å². The summed E-state index contributed by atoms with van der Waals surface area (Å²) in [6.07, 6.45) is 2.06. The van der Waals surface area contributed by atoms with Crippen LogP contribution in [0.15, 0.2) is 18.2 Å². The zero-order valence-corrected chi connectivity index (χ0v) is 15.0. The van der Waals surface area contributed by atoms with Crippen LogP contribution in [0.1, 0.15) is 40.8 Å². The molecule has 0 bridgehead atoms. The van der Waals surface area contributed by atoms with Gasteiger partial charge in [0.05, 0.1) is 12.3 Å². The Bertz CT molecular complexity index is 804. The van der Waals surface area contributed by atoms with Crippen molar-refractivity contribution in [2.75, 3.05) is 24.6 Å². The molecule has 3 heterocycles. The lowest BCUT2D eigenvalue weighted by atomic mass is 10.1. The van der Waals surface area contributed by atoms with Crippen LogP contribution < -0.4 is 4.90 Å². The summed E-state index contributed by atoms with van der Waals surface area (Å²) in [5, 5.41) is 4.44. The zero-order valence-electron chi connectivity index (χ0n) is 15.0. The van der Waals surface area contributed by atoms with E-state index < -0.39 is 0 Å². The van der Waals surface area contributed by atoms with Crippen molar-refractivity contribution >= 4 is 11.8 Å². The van der Waals surface area contributed by atoms with E-state index in [1.807, 2.05) is 6.92 Å². The van der Waals surface area contributed by atoms with Gasteiger partial charge < -0.3 is 9.64 Å². The normalized spacial score (nSPS) is 21.3. The van der Waals surface area contributed by atoms with Gasteiger partial charge in [-0.1, -0.05) is 6.07 Å². The summed E-state index contributed by atoms with van der Waals surface area (Å²) in [7, 11) is 1.77. The van der Waals surface area contributed by atoms with E-state index in [1.165, 1.54) is 6.42 Å². The van der Waals surface area contributed by atoms with Crippen LogP contribution >= 0.6 is 0 Å². The maximum atomic E-state index is 11.9. The van der Waals surface area contributed by atoms with Gasteiger partial charge in [0.15, 0.2) is 0 Å². The van der Waals surface area contributed by atoms with Gasteiger partial charge >= 0.3 is 5.97 Å². The van der Waals surface area contributed by atoms with Gasteiger partial charge in [-0.15, -0.1) is 0 Å². The summed E-state index contributed by atoms with van der Waals surface area (Å²) < 4.78 is 6.65. The molecule has 1 aliphatic heterocycles. The van der Waals surface area contributed by atoms with Gasteiger partial charge in [-0.2, -0.15) is 5.10 Å². The molecule has 0 spiro atoms. The smallest absolute Gasteiger partial charge is 0.356 e. The fourth-order valence-corrected chi connectivity index (χ4v) is 3.73. The molecule has 1 saturated heterocycles. The van der Waals surface area contributed by atoms with Crippen molar-refractivity contribution in [1.29, 1.82) is 0 Å². The van der Waals surface area contributed by atoms with E-state index in [9.17, 15) is 4.79 Å². The van der Waals surface area contributed by atoms with Crippen molar-refractivity contribution in [3.63, 3.8) is 0 Å². The molecule has 6 nitrogen and oxygen atoms in total. The Morgan fingerprint density at radius 1 is 1.32 bits per heavy atom. The van der Waals surface area contributed by atoms with Crippen molar-refractivity contribution in [1.82, 2.24) is 14.8 Å². The Hall–Kier alpha value is -2.37. The summed E-state index contributed by atoms with van der Waals surface area (Å²) in [6, 6.07) is 6.06. The molecular weight excluding hydrogens is 316 g/mol. The summed E-state index contributed by atoms with van der Waals surface area (Å²) >= 11 is 0. The highest BCUT2D eigenvalue weighted by Gasteiger charge is 2.45. The van der Waals surface area contributed by atoms with Crippen LogP contribution in [0.5, 0.6) is 0 Å². The molecule has 0 amide bonds. The SMILES string of the molecule is CCOC(=O)c1cc(Cc2ccc(N3CC4CC4C3)nc2C)nn1C. The molecule has 2 unspecified atom stereocenters. The molecule has 132 valence electrons. The molecule has 25 heavy (non-hydrogen) atoms. The van der Waals surface area contributed by atoms with Gasteiger partial charge in [0.25, 0.3) is 0 Å². The Kier molecular flexibility index (Phi) is 3.98. The molecule has 0 aromatic carbocycles. The van der Waals surface area contributed by atoms with Gasteiger partial charge in [-0.3, -0.25) is 4.68 Å². The van der Waals surface area contributed by atoms with Gasteiger partial charge in [-0.05, 0) is 49.8 Å². The van der Waals surface area contributed by atoms with Crippen LogP contribution in [0.2, 0.25) is 0 Å². The number of pyridine rings is 1. The number of piperidine rings is 1. The third-order valence-electron chi connectivity index (χ3n) is 5.27. The zero-order chi connectivity index (χ0) is 17.6. The van der Waals surface area contributed by atoms with Crippen molar-refractivity contribution in [2.24, 2.45) is 18.9 Å². The van der Waals surface area contributed by atoms with E-state index >= 15 is 0 Å². The Morgan fingerprint density at radius 2 is 2.08 bits per heavy atom.